The van der Waals surface area contributed by atoms with Gasteiger partial charge in [0, 0.05) is 22.4 Å². The largest absolute Gasteiger partial charge is 0.477 e. The Morgan fingerprint density at radius 3 is 2.83 bits per heavy atom. The van der Waals surface area contributed by atoms with E-state index in [9.17, 15) is 24.7 Å². The molecule has 0 bridgehead atoms. The van der Waals surface area contributed by atoms with Crippen molar-refractivity contribution in [3.8, 4) is 0 Å². The Morgan fingerprint density at radius 1 is 1.43 bits per heavy atom. The van der Waals surface area contributed by atoms with Crippen molar-refractivity contribution in [2.75, 3.05) is 12.3 Å². The Morgan fingerprint density at radius 2 is 2.20 bits per heavy atom. The molecule has 0 saturated carbocycles. The second-order valence-corrected chi connectivity index (χ2v) is 10.3. The number of nitrogen functional groups attached to an aromatic ring is 1. The summed E-state index contributed by atoms with van der Waals surface area (Å²) in [4.78, 5) is 48.5. The molecule has 15 heteroatoms. The summed E-state index contributed by atoms with van der Waals surface area (Å²) in [6.45, 7) is 0.390. The topological polar surface area (TPSA) is 197 Å². The molecule has 0 aliphatic carbocycles. The fraction of sp³-hybridized carbons (Fsp3) is 0.300. The molecule has 0 spiro atoms. The number of halogens is 1. The van der Waals surface area contributed by atoms with Crippen molar-refractivity contribution in [1.82, 2.24) is 20.2 Å². The van der Waals surface area contributed by atoms with Crippen LogP contribution in [-0.4, -0.2) is 67.3 Å². The number of β-lactam (4-membered cyclic amide) rings is 1. The summed E-state index contributed by atoms with van der Waals surface area (Å²) in [7, 11) is 0. The lowest BCUT2D eigenvalue weighted by molar-refractivity contribution is -0.155. The maximum Gasteiger partial charge on any atom is 0.353 e. The third-order valence-electron chi connectivity index (χ3n) is 5.49. The number of hydrogen-bond acceptors (Lipinski definition) is 11. The number of carbonyl (C=O) groups is 3. The number of anilines is 1. The minimum Gasteiger partial charge on any atom is -0.477 e. The zero-order valence-electron chi connectivity index (χ0n) is 18.0. The molecule has 0 radical (unpaired) electrons. The first-order chi connectivity index (χ1) is 16.8. The van der Waals surface area contributed by atoms with Crippen LogP contribution in [0.15, 0.2) is 39.0 Å². The Kier molecular flexibility index (Phi) is 7.25. The summed E-state index contributed by atoms with van der Waals surface area (Å²) < 4.78 is 0.0480. The third-order valence-corrected chi connectivity index (χ3v) is 7.80. The van der Waals surface area contributed by atoms with Crippen LogP contribution in [0.5, 0.6) is 0 Å². The summed E-state index contributed by atoms with van der Waals surface area (Å²) in [5.74, 6) is -2.73. The van der Waals surface area contributed by atoms with Crippen LogP contribution in [0.2, 0.25) is 4.34 Å². The monoisotopic (exact) mass is 537 g/mol. The predicted molar refractivity (Wildman–Crippen MR) is 129 cm³/mol. The van der Waals surface area contributed by atoms with Gasteiger partial charge in [-0.2, -0.15) is 0 Å². The zero-order valence-corrected chi connectivity index (χ0v) is 20.4. The lowest BCUT2D eigenvalue weighted by Crippen LogP contribution is -2.72. The molecular formula is C20H20ClN7O5S2. The van der Waals surface area contributed by atoms with Gasteiger partial charge in [0.2, 0.25) is 0 Å². The van der Waals surface area contributed by atoms with Crippen molar-refractivity contribution in [3.05, 3.63) is 44.7 Å². The van der Waals surface area contributed by atoms with Crippen LogP contribution in [0.3, 0.4) is 0 Å². The van der Waals surface area contributed by atoms with Crippen LogP contribution >= 0.6 is 34.7 Å². The minimum atomic E-state index is -1.25. The summed E-state index contributed by atoms with van der Waals surface area (Å²) in [5.41, 5.74) is 11.2. The number of oxime groups is 1. The van der Waals surface area contributed by atoms with E-state index in [-0.39, 0.29) is 20.9 Å². The number of thioether (sulfide) groups is 1. The van der Waals surface area contributed by atoms with E-state index in [1.54, 1.807) is 12.3 Å². The zero-order chi connectivity index (χ0) is 25.3. The molecule has 0 aromatic carbocycles. The van der Waals surface area contributed by atoms with Gasteiger partial charge in [-0.1, -0.05) is 39.9 Å². The predicted octanol–water partition coefficient (Wildman–Crippen LogP) is 1.03. The standard InChI is InChI=1S/C20H20ClN7O5S2/c21-16-13(26-20(23)35-16)14(27-33)17(29)25-12-9-3-4-11(15(19(31)32)28(9)18(12)30)34-10-2-1-7-24-8(10)5-6-22/h1-2,7,9,12,33H,3-6,22H2,(H2,23,26)(H,25,29)(H,31,32). The van der Waals surface area contributed by atoms with Crippen molar-refractivity contribution in [2.45, 2.75) is 36.2 Å². The van der Waals surface area contributed by atoms with Crippen LogP contribution in [0, 0.1) is 0 Å². The van der Waals surface area contributed by atoms with Gasteiger partial charge >= 0.3 is 5.97 Å². The number of carbonyl (C=O) groups excluding carboxylic acids is 2. The molecule has 35 heavy (non-hydrogen) atoms. The van der Waals surface area contributed by atoms with E-state index in [0.717, 1.165) is 21.9 Å². The second-order valence-electron chi connectivity index (χ2n) is 7.55. The van der Waals surface area contributed by atoms with E-state index in [0.29, 0.717) is 30.7 Å². The maximum atomic E-state index is 12.9. The Bertz CT molecular complexity index is 1260. The minimum absolute atomic E-state index is 0.0480. The summed E-state index contributed by atoms with van der Waals surface area (Å²) in [6, 6.07) is 2.00. The molecule has 2 amide bonds. The number of aromatic nitrogens is 2. The van der Waals surface area contributed by atoms with Crippen molar-refractivity contribution in [3.63, 3.8) is 0 Å². The average Bonchev–Trinajstić information content (AvgIpc) is 3.16. The molecule has 2 aliphatic heterocycles. The number of carboxylic acids is 1. The number of pyridine rings is 1. The van der Waals surface area contributed by atoms with Crippen LogP contribution in [0.1, 0.15) is 24.2 Å². The summed E-state index contributed by atoms with van der Waals surface area (Å²) >= 11 is 8.14. The van der Waals surface area contributed by atoms with Gasteiger partial charge in [0.15, 0.2) is 10.8 Å². The molecule has 4 rings (SSSR count). The first-order valence-electron chi connectivity index (χ1n) is 10.3. The van der Waals surface area contributed by atoms with Gasteiger partial charge in [0.1, 0.15) is 21.8 Å². The van der Waals surface area contributed by atoms with Crippen molar-refractivity contribution in [2.24, 2.45) is 10.9 Å². The van der Waals surface area contributed by atoms with E-state index in [2.05, 4.69) is 20.4 Å². The van der Waals surface area contributed by atoms with Gasteiger partial charge in [-0.05, 0) is 31.5 Å². The fourth-order valence-electron chi connectivity index (χ4n) is 3.97. The Balaban J connectivity index is 1.55. The molecule has 2 atom stereocenters. The molecule has 1 saturated heterocycles. The SMILES string of the molecule is NCCc1ncccc1SC1=C(C(=O)O)N2C(=O)C(NC(=O)C(=NO)c3nc(N)sc3Cl)C2CC1. The van der Waals surface area contributed by atoms with Gasteiger partial charge in [0.25, 0.3) is 11.8 Å². The highest BCUT2D eigenvalue weighted by Gasteiger charge is 2.54. The Hall–Kier alpha value is -3.20. The first-order valence-corrected chi connectivity index (χ1v) is 12.3. The highest BCUT2D eigenvalue weighted by Crippen LogP contribution is 2.43. The number of amides is 2. The normalized spacial score (nSPS) is 19.9. The molecule has 2 aliphatic rings. The number of rotatable bonds is 8. The highest BCUT2D eigenvalue weighted by atomic mass is 35.5. The number of aliphatic carboxylic acids is 1. The molecule has 184 valence electrons. The van der Waals surface area contributed by atoms with Crippen LogP contribution < -0.4 is 16.8 Å². The van der Waals surface area contributed by atoms with Gasteiger partial charge in [-0.25, -0.2) is 9.78 Å². The smallest absolute Gasteiger partial charge is 0.353 e. The lowest BCUT2D eigenvalue weighted by Gasteiger charge is -2.50. The number of nitrogens with one attached hydrogen (secondary N) is 1. The van der Waals surface area contributed by atoms with Gasteiger partial charge in [-0.15, -0.1) is 0 Å². The maximum absolute atomic E-state index is 12.9. The van der Waals surface area contributed by atoms with Gasteiger partial charge in [0.05, 0.1) is 11.7 Å². The molecule has 1 fully saturated rings. The molecule has 7 N–H and O–H groups in total. The van der Waals surface area contributed by atoms with Crippen LogP contribution in [0.25, 0.3) is 0 Å². The summed E-state index contributed by atoms with van der Waals surface area (Å²) in [6.07, 6.45) is 2.96. The van der Waals surface area contributed by atoms with Gasteiger partial charge < -0.3 is 27.1 Å². The van der Waals surface area contributed by atoms with E-state index < -0.39 is 35.6 Å². The van der Waals surface area contributed by atoms with Crippen LogP contribution in [0.4, 0.5) is 5.13 Å². The number of fused-ring (bicyclic) bond motifs is 1. The first kappa shape index (κ1) is 24.9. The Labute approximate surface area is 212 Å². The molecule has 2 unspecified atom stereocenters. The average molecular weight is 538 g/mol. The molecular weight excluding hydrogens is 518 g/mol. The fourth-order valence-corrected chi connectivity index (χ4v) is 6.09. The van der Waals surface area contributed by atoms with Crippen molar-refractivity contribution in [1.29, 1.82) is 0 Å². The molecule has 2 aromatic heterocycles. The van der Waals surface area contributed by atoms with Crippen LogP contribution in [-0.2, 0) is 20.8 Å². The number of thiazole rings is 1. The number of hydrogen-bond donors (Lipinski definition) is 5. The number of allylic oxidation sites excluding steroid dienone is 1. The third kappa shape index (κ3) is 4.69. The molecule has 2 aromatic rings. The number of carboxylic acid groups (broad SMARTS) is 1. The van der Waals surface area contributed by atoms with E-state index in [1.807, 2.05) is 6.07 Å². The molecule has 4 heterocycles. The highest BCUT2D eigenvalue weighted by molar-refractivity contribution is 8.03. The van der Waals surface area contributed by atoms with E-state index >= 15 is 0 Å². The second kappa shape index (κ2) is 10.2. The molecule has 12 nitrogen and oxygen atoms in total. The van der Waals surface area contributed by atoms with Crippen molar-refractivity contribution >= 4 is 63.3 Å². The van der Waals surface area contributed by atoms with E-state index in [1.165, 1.54) is 16.7 Å². The lowest BCUT2D eigenvalue weighted by atomic mass is 9.86. The van der Waals surface area contributed by atoms with Gasteiger partial charge in [-0.3, -0.25) is 19.5 Å². The quantitative estimate of drug-likeness (QED) is 0.140. The van der Waals surface area contributed by atoms with Crippen molar-refractivity contribution < 1.29 is 24.7 Å². The van der Waals surface area contributed by atoms with E-state index in [4.69, 9.17) is 23.1 Å². The number of nitrogens with zero attached hydrogens (tertiary/aromatic N) is 4. The number of nitrogens with two attached hydrogens (primary N) is 2. The summed E-state index contributed by atoms with van der Waals surface area (Å²) in [5, 5.41) is 24.8.